The van der Waals surface area contributed by atoms with Gasteiger partial charge in [-0.1, -0.05) is 13.8 Å². The summed E-state index contributed by atoms with van der Waals surface area (Å²) < 4.78 is 10.2. The van der Waals surface area contributed by atoms with E-state index in [-0.39, 0.29) is 12.3 Å². The summed E-state index contributed by atoms with van der Waals surface area (Å²) in [5.74, 6) is -0.454. The van der Waals surface area contributed by atoms with Crippen LogP contribution in [0.3, 0.4) is 0 Å². The summed E-state index contributed by atoms with van der Waals surface area (Å²) in [7, 11) is 3.06. The van der Waals surface area contributed by atoms with Crippen molar-refractivity contribution in [1.82, 2.24) is 0 Å². The number of aliphatic carboxylic acids is 1. The summed E-state index contributed by atoms with van der Waals surface area (Å²) in [6.07, 6.45) is 0.455. The number of hydrogen-bond donors (Lipinski definition) is 1. The molecule has 0 aromatic heterocycles. The zero-order valence-electron chi connectivity index (χ0n) is 9.32. The van der Waals surface area contributed by atoms with Crippen molar-refractivity contribution in [3.8, 4) is 0 Å². The van der Waals surface area contributed by atoms with Gasteiger partial charge in [0, 0.05) is 20.1 Å². The molecule has 0 rings (SSSR count). The van der Waals surface area contributed by atoms with E-state index in [1.807, 2.05) is 0 Å². The van der Waals surface area contributed by atoms with Crippen LogP contribution in [-0.4, -0.2) is 31.6 Å². The molecule has 14 heavy (non-hydrogen) atoms. The van der Waals surface area contributed by atoms with Crippen LogP contribution in [0.5, 0.6) is 0 Å². The van der Waals surface area contributed by atoms with Crippen LogP contribution < -0.4 is 0 Å². The van der Waals surface area contributed by atoms with Crippen LogP contribution in [0.25, 0.3) is 0 Å². The van der Waals surface area contributed by atoms with E-state index in [1.54, 1.807) is 0 Å². The number of methoxy groups -OCH3 is 2. The largest absolute Gasteiger partial charge is 0.481 e. The van der Waals surface area contributed by atoms with Gasteiger partial charge in [0.25, 0.3) is 0 Å². The molecule has 0 aliphatic heterocycles. The number of carboxylic acid groups (broad SMARTS) is 1. The molecule has 0 aromatic rings. The van der Waals surface area contributed by atoms with E-state index < -0.39 is 12.3 Å². The molecule has 0 bridgehead atoms. The first-order valence-electron chi connectivity index (χ1n) is 4.78. The van der Waals surface area contributed by atoms with Gasteiger partial charge in [0.2, 0.25) is 0 Å². The zero-order valence-corrected chi connectivity index (χ0v) is 9.32. The Kier molecular flexibility index (Phi) is 6.49. The van der Waals surface area contributed by atoms with Crippen molar-refractivity contribution in [2.45, 2.75) is 33.0 Å². The molecule has 0 spiro atoms. The summed E-state index contributed by atoms with van der Waals surface area (Å²) >= 11 is 0. The predicted octanol–water partition coefficient (Wildman–Crippen LogP) is 1.74. The van der Waals surface area contributed by atoms with Gasteiger partial charge < -0.3 is 14.6 Å². The second-order valence-electron chi connectivity index (χ2n) is 3.83. The van der Waals surface area contributed by atoms with Gasteiger partial charge in [-0.05, 0) is 12.3 Å². The van der Waals surface area contributed by atoms with E-state index in [0.717, 1.165) is 6.42 Å². The van der Waals surface area contributed by atoms with Crippen molar-refractivity contribution < 1.29 is 19.4 Å². The monoisotopic (exact) mass is 204 g/mol. The Morgan fingerprint density at radius 1 is 1.29 bits per heavy atom. The highest BCUT2D eigenvalue weighted by Crippen LogP contribution is 2.21. The smallest absolute Gasteiger partial charge is 0.303 e. The van der Waals surface area contributed by atoms with Crippen molar-refractivity contribution >= 4 is 5.97 Å². The summed E-state index contributed by atoms with van der Waals surface area (Å²) in [6.45, 7) is 4.11. The van der Waals surface area contributed by atoms with Gasteiger partial charge in [-0.2, -0.15) is 0 Å². The highest BCUT2D eigenvalue weighted by Gasteiger charge is 2.24. The third-order valence-electron chi connectivity index (χ3n) is 2.06. The molecule has 0 fully saturated rings. The Bertz CT molecular complexity index is 164. The molecule has 0 saturated carbocycles. The number of rotatable bonds is 7. The highest BCUT2D eigenvalue weighted by molar-refractivity contribution is 5.67. The van der Waals surface area contributed by atoms with Gasteiger partial charge in [-0.25, -0.2) is 0 Å². The van der Waals surface area contributed by atoms with Crippen LogP contribution in [0, 0.1) is 11.8 Å². The van der Waals surface area contributed by atoms with Gasteiger partial charge in [0.1, 0.15) is 0 Å². The fourth-order valence-corrected chi connectivity index (χ4v) is 1.60. The molecule has 0 radical (unpaired) electrons. The first-order valence-corrected chi connectivity index (χ1v) is 4.78. The average molecular weight is 204 g/mol. The zero-order chi connectivity index (χ0) is 11.1. The van der Waals surface area contributed by atoms with Crippen LogP contribution in [0.2, 0.25) is 0 Å². The molecular weight excluding hydrogens is 184 g/mol. The van der Waals surface area contributed by atoms with E-state index >= 15 is 0 Å². The van der Waals surface area contributed by atoms with Crippen LogP contribution in [0.1, 0.15) is 26.7 Å². The van der Waals surface area contributed by atoms with Crippen molar-refractivity contribution in [1.29, 1.82) is 0 Å². The summed E-state index contributed by atoms with van der Waals surface area (Å²) in [5.41, 5.74) is 0. The molecule has 84 valence electrons. The first-order chi connectivity index (χ1) is 6.51. The van der Waals surface area contributed by atoms with Crippen LogP contribution >= 0.6 is 0 Å². The van der Waals surface area contributed by atoms with Crippen molar-refractivity contribution in [3.63, 3.8) is 0 Å². The predicted molar refractivity (Wildman–Crippen MR) is 53.0 cm³/mol. The van der Waals surface area contributed by atoms with Crippen molar-refractivity contribution in [2.24, 2.45) is 11.8 Å². The van der Waals surface area contributed by atoms with Crippen LogP contribution in [-0.2, 0) is 14.3 Å². The third kappa shape index (κ3) is 5.19. The normalized spacial score (nSPS) is 13.6. The minimum absolute atomic E-state index is 0.0810. The quantitative estimate of drug-likeness (QED) is 0.642. The lowest BCUT2D eigenvalue weighted by molar-refractivity contribution is -0.157. The SMILES string of the molecule is COC(OC)C(CC(=O)O)CC(C)C. The molecule has 0 heterocycles. The Balaban J connectivity index is 4.27. The van der Waals surface area contributed by atoms with Crippen molar-refractivity contribution in [3.05, 3.63) is 0 Å². The first kappa shape index (κ1) is 13.4. The van der Waals surface area contributed by atoms with E-state index in [2.05, 4.69) is 13.8 Å². The molecule has 0 aromatic carbocycles. The fraction of sp³-hybridized carbons (Fsp3) is 0.900. The van der Waals surface area contributed by atoms with Crippen LogP contribution in [0.4, 0.5) is 0 Å². The topological polar surface area (TPSA) is 55.8 Å². The maximum Gasteiger partial charge on any atom is 0.303 e. The molecule has 1 unspecified atom stereocenters. The Hall–Kier alpha value is -0.610. The maximum absolute atomic E-state index is 10.6. The van der Waals surface area contributed by atoms with E-state index in [0.29, 0.717) is 5.92 Å². The molecule has 0 aliphatic carbocycles. The molecule has 1 N–H and O–H groups in total. The minimum Gasteiger partial charge on any atom is -0.481 e. The third-order valence-corrected chi connectivity index (χ3v) is 2.06. The van der Waals surface area contributed by atoms with Gasteiger partial charge in [-0.15, -0.1) is 0 Å². The summed E-state index contributed by atoms with van der Waals surface area (Å²) in [4.78, 5) is 10.6. The van der Waals surface area contributed by atoms with Gasteiger partial charge in [0.05, 0.1) is 6.42 Å². The number of ether oxygens (including phenoxy) is 2. The Morgan fingerprint density at radius 2 is 1.79 bits per heavy atom. The molecule has 0 amide bonds. The standard InChI is InChI=1S/C10H20O4/c1-7(2)5-8(6-9(11)12)10(13-3)14-4/h7-8,10H,5-6H2,1-4H3,(H,11,12). The van der Waals surface area contributed by atoms with E-state index in [1.165, 1.54) is 14.2 Å². The van der Waals surface area contributed by atoms with Crippen molar-refractivity contribution in [2.75, 3.05) is 14.2 Å². The lowest BCUT2D eigenvalue weighted by Gasteiger charge is -2.24. The minimum atomic E-state index is -0.810. The second-order valence-corrected chi connectivity index (χ2v) is 3.83. The molecule has 4 heteroatoms. The molecule has 0 aliphatic rings. The average Bonchev–Trinajstić information content (AvgIpc) is 2.03. The van der Waals surface area contributed by atoms with Crippen LogP contribution in [0.15, 0.2) is 0 Å². The fourth-order valence-electron chi connectivity index (χ4n) is 1.60. The molecular formula is C10H20O4. The lowest BCUT2D eigenvalue weighted by Crippen LogP contribution is -2.28. The van der Waals surface area contributed by atoms with Gasteiger partial charge in [-0.3, -0.25) is 4.79 Å². The molecule has 1 atom stereocenters. The molecule has 0 saturated heterocycles. The second kappa shape index (κ2) is 6.79. The van der Waals surface area contributed by atoms with Gasteiger partial charge >= 0.3 is 5.97 Å². The number of carboxylic acids is 1. The lowest BCUT2D eigenvalue weighted by atomic mass is 9.93. The Labute approximate surface area is 85.2 Å². The highest BCUT2D eigenvalue weighted by atomic mass is 16.7. The summed E-state index contributed by atoms with van der Waals surface area (Å²) in [5, 5.41) is 8.73. The molecule has 4 nitrogen and oxygen atoms in total. The number of carbonyl (C=O) groups is 1. The summed E-state index contributed by atoms with van der Waals surface area (Å²) in [6, 6.07) is 0. The van der Waals surface area contributed by atoms with E-state index in [9.17, 15) is 4.79 Å². The Morgan fingerprint density at radius 3 is 2.07 bits per heavy atom. The number of hydrogen-bond acceptors (Lipinski definition) is 3. The maximum atomic E-state index is 10.6. The van der Waals surface area contributed by atoms with E-state index in [4.69, 9.17) is 14.6 Å². The van der Waals surface area contributed by atoms with Gasteiger partial charge in [0.15, 0.2) is 6.29 Å².